The molecule has 1 aliphatic heterocycles. The molecule has 0 aromatic rings. The molecule has 18 heavy (non-hydrogen) atoms. The van der Waals surface area contributed by atoms with E-state index in [1.165, 1.54) is 54.5 Å². The third kappa shape index (κ3) is 5.69. The number of hydrogen-bond donors (Lipinski definition) is 3. The highest BCUT2D eigenvalue weighted by Gasteiger charge is 2.33. The maximum atomic E-state index is 5.35. The molecule has 0 aliphatic carbocycles. The summed E-state index contributed by atoms with van der Waals surface area (Å²) in [7, 11) is 7.08. The van der Waals surface area contributed by atoms with E-state index in [4.69, 9.17) is 11.5 Å². The van der Waals surface area contributed by atoms with Gasteiger partial charge in [-0.15, -0.1) is 0 Å². The van der Waals surface area contributed by atoms with Gasteiger partial charge in [-0.1, -0.05) is 0 Å². The second-order valence-corrected chi connectivity index (χ2v) is 6.62. The first-order valence-corrected chi connectivity index (χ1v) is 7.10. The number of nitrogens with two attached hydrogens (primary N) is 2. The Labute approximate surface area is 112 Å². The Hall–Kier alpha value is -0.810. The van der Waals surface area contributed by atoms with Crippen LogP contribution in [0.2, 0.25) is 0 Å². The van der Waals surface area contributed by atoms with Crippen molar-refractivity contribution >= 4 is 5.96 Å². The monoisotopic (exact) mass is 258 g/mol. The van der Waals surface area contributed by atoms with Crippen molar-refractivity contribution in [3.63, 3.8) is 0 Å². The number of nitrogens with zero attached hydrogens (tertiary/aromatic N) is 2. The largest absolute Gasteiger partial charge is 0.338 e. The Morgan fingerprint density at radius 1 is 0.944 bits per heavy atom. The molecule has 5 heteroatoms. The van der Waals surface area contributed by atoms with Crippen LogP contribution in [0.25, 0.3) is 0 Å². The van der Waals surface area contributed by atoms with E-state index in [0.717, 1.165) is 13.0 Å². The number of likely N-dealkylation sites (N-methyl/N-ethyl adjacent to an activating group) is 2. The normalized spacial score (nSPS) is 21.5. The van der Waals surface area contributed by atoms with Crippen LogP contribution >= 0.6 is 0 Å². The van der Waals surface area contributed by atoms with Crippen molar-refractivity contribution in [2.24, 2.45) is 11.5 Å². The maximum absolute atomic E-state index is 5.35. The van der Waals surface area contributed by atoms with Gasteiger partial charge in [0.25, 0.3) is 0 Å². The molecule has 0 saturated carbocycles. The molecule has 1 rings (SSSR count). The lowest BCUT2D eigenvalue weighted by molar-refractivity contribution is -1.01. The van der Waals surface area contributed by atoms with Crippen LogP contribution < -0.4 is 16.5 Å². The minimum atomic E-state index is 0.338. The summed E-state index contributed by atoms with van der Waals surface area (Å²) in [5.41, 5.74) is 10.7. The van der Waals surface area contributed by atoms with Crippen LogP contribution in [0.15, 0.2) is 0 Å². The lowest BCUT2D eigenvalue weighted by Gasteiger charge is -2.44. The highest BCUT2D eigenvalue weighted by Crippen LogP contribution is 2.14. The maximum Gasteiger partial charge on any atom is 0.338 e. The average molecular weight is 258 g/mol. The fourth-order valence-corrected chi connectivity index (χ4v) is 2.50. The zero-order valence-electron chi connectivity index (χ0n) is 12.4. The van der Waals surface area contributed by atoms with Crippen molar-refractivity contribution in [3.05, 3.63) is 0 Å². The Morgan fingerprint density at radius 2 is 1.56 bits per heavy atom. The molecule has 0 bridgehead atoms. The van der Waals surface area contributed by atoms with E-state index in [1.807, 2.05) is 0 Å². The molecule has 106 valence electrons. The number of guanidine groups is 1. The van der Waals surface area contributed by atoms with Gasteiger partial charge in [0, 0.05) is 0 Å². The molecule has 5 nitrogen and oxygen atoms in total. The number of nitrogens with one attached hydrogen (secondary N) is 1. The molecule has 0 radical (unpaired) electrons. The predicted octanol–water partition coefficient (Wildman–Crippen LogP) is -1.95. The van der Waals surface area contributed by atoms with Gasteiger partial charge in [-0.25, -0.2) is 0 Å². The number of quaternary nitrogens is 2. The minimum Gasteiger partial charge on any atom is -0.319 e. The summed E-state index contributed by atoms with van der Waals surface area (Å²) in [6.07, 6.45) is 3.71. The number of hydrogen-bond acceptors (Lipinski definition) is 0. The lowest BCUT2D eigenvalue weighted by Crippen LogP contribution is -2.78. The summed E-state index contributed by atoms with van der Waals surface area (Å²) in [4.78, 5) is 2.97. The summed E-state index contributed by atoms with van der Waals surface area (Å²) in [5.74, 6) is 0.338. The molecule has 0 unspecified atom stereocenters. The van der Waals surface area contributed by atoms with Crippen LogP contribution in [0.1, 0.15) is 19.3 Å². The number of unbranched alkanes of at least 4 members (excludes halogenated alkanes) is 2. The SMILES string of the molecule is C[N+]1(C)CC[N+](C)(CCCCC[NH+]=C(N)N)CC1. The fraction of sp³-hybridized carbons (Fsp3) is 0.923. The third-order valence-electron chi connectivity index (χ3n) is 4.19. The molecule has 0 aromatic heterocycles. The van der Waals surface area contributed by atoms with Gasteiger partial charge in [-0.2, -0.15) is 0 Å². The molecule has 0 atom stereocenters. The highest BCUT2D eigenvalue weighted by atomic mass is 15.4. The van der Waals surface area contributed by atoms with Crippen molar-refractivity contribution in [2.45, 2.75) is 19.3 Å². The van der Waals surface area contributed by atoms with Crippen molar-refractivity contribution in [3.8, 4) is 0 Å². The van der Waals surface area contributed by atoms with E-state index < -0.39 is 0 Å². The molecule has 5 N–H and O–H groups in total. The predicted molar refractivity (Wildman–Crippen MR) is 75.7 cm³/mol. The Morgan fingerprint density at radius 3 is 2.11 bits per heavy atom. The molecule has 1 heterocycles. The molecule has 0 aromatic carbocycles. The highest BCUT2D eigenvalue weighted by molar-refractivity contribution is 5.69. The second kappa shape index (κ2) is 6.38. The summed E-state index contributed by atoms with van der Waals surface area (Å²) in [6, 6.07) is 0. The van der Waals surface area contributed by atoms with Crippen LogP contribution in [0.3, 0.4) is 0 Å². The number of piperazine rings is 1. The van der Waals surface area contributed by atoms with Gasteiger partial charge in [-0.3, -0.25) is 16.5 Å². The Kier molecular flexibility index (Phi) is 5.41. The van der Waals surface area contributed by atoms with Gasteiger partial charge in [0.15, 0.2) is 0 Å². The molecular formula is C13H32N5+3. The standard InChI is InChI=1S/C13H31N5/c1-17(2)9-11-18(3,12-10-17)8-6-4-5-7-16-13(14)15/h4-12H2,1-3H3,(H4,14,15,16)/q+2/p+1. The molecular weight excluding hydrogens is 226 g/mol. The number of rotatable bonds is 6. The van der Waals surface area contributed by atoms with E-state index in [9.17, 15) is 0 Å². The zero-order valence-corrected chi connectivity index (χ0v) is 12.4. The molecule has 0 spiro atoms. The first-order chi connectivity index (χ1) is 8.33. The van der Waals surface area contributed by atoms with Crippen LogP contribution in [-0.2, 0) is 0 Å². The average Bonchev–Trinajstić information content (AvgIpc) is 2.28. The first kappa shape index (κ1) is 15.2. The Balaban J connectivity index is 2.14. The van der Waals surface area contributed by atoms with E-state index in [0.29, 0.717) is 5.96 Å². The van der Waals surface area contributed by atoms with Crippen molar-refractivity contribution in [1.82, 2.24) is 0 Å². The van der Waals surface area contributed by atoms with E-state index in [1.54, 1.807) is 0 Å². The lowest BCUT2D eigenvalue weighted by atomic mass is 10.1. The molecule has 1 aliphatic rings. The van der Waals surface area contributed by atoms with Crippen LogP contribution in [-0.4, -0.2) is 75.3 Å². The third-order valence-corrected chi connectivity index (χ3v) is 4.19. The second-order valence-electron chi connectivity index (χ2n) is 6.62. The summed E-state index contributed by atoms with van der Waals surface area (Å²) in [6.45, 7) is 7.44. The van der Waals surface area contributed by atoms with Gasteiger partial charge >= 0.3 is 5.96 Å². The van der Waals surface area contributed by atoms with Gasteiger partial charge in [0.1, 0.15) is 26.2 Å². The molecule has 0 amide bonds. The van der Waals surface area contributed by atoms with Gasteiger partial charge in [0.2, 0.25) is 0 Å². The van der Waals surface area contributed by atoms with Crippen LogP contribution in [0.5, 0.6) is 0 Å². The first-order valence-electron chi connectivity index (χ1n) is 7.10. The molecule has 1 saturated heterocycles. The summed E-state index contributed by atoms with van der Waals surface area (Å²) >= 11 is 0. The van der Waals surface area contributed by atoms with Crippen molar-refractivity contribution < 1.29 is 14.0 Å². The van der Waals surface area contributed by atoms with Crippen LogP contribution in [0.4, 0.5) is 0 Å². The topological polar surface area (TPSA) is 66.0 Å². The summed E-state index contributed by atoms with van der Waals surface area (Å²) in [5, 5.41) is 0. The smallest absolute Gasteiger partial charge is 0.319 e. The van der Waals surface area contributed by atoms with E-state index in [2.05, 4.69) is 26.1 Å². The summed E-state index contributed by atoms with van der Waals surface area (Å²) < 4.78 is 2.43. The van der Waals surface area contributed by atoms with Crippen molar-refractivity contribution in [1.29, 1.82) is 0 Å². The van der Waals surface area contributed by atoms with Gasteiger partial charge < -0.3 is 8.97 Å². The minimum absolute atomic E-state index is 0.338. The fourth-order valence-electron chi connectivity index (χ4n) is 2.50. The van der Waals surface area contributed by atoms with E-state index >= 15 is 0 Å². The zero-order chi connectivity index (χ0) is 13.6. The van der Waals surface area contributed by atoms with Crippen molar-refractivity contribution in [2.75, 3.05) is 60.4 Å². The van der Waals surface area contributed by atoms with Gasteiger partial charge in [0.05, 0.1) is 34.2 Å². The molecule has 1 fully saturated rings. The van der Waals surface area contributed by atoms with Gasteiger partial charge in [-0.05, 0) is 19.3 Å². The Bertz CT molecular complexity index is 271. The van der Waals surface area contributed by atoms with E-state index in [-0.39, 0.29) is 0 Å². The van der Waals surface area contributed by atoms with Crippen LogP contribution in [0, 0.1) is 0 Å². The quantitative estimate of drug-likeness (QED) is 0.224.